The summed E-state index contributed by atoms with van der Waals surface area (Å²) in [4.78, 5) is 26.9. The normalized spacial score (nSPS) is 16.0. The van der Waals surface area contributed by atoms with E-state index in [2.05, 4.69) is 36.3 Å². The van der Waals surface area contributed by atoms with Crippen molar-refractivity contribution in [2.45, 2.75) is 58.4 Å². The molecule has 138 valence electrons. The molecule has 25 heavy (non-hydrogen) atoms. The van der Waals surface area contributed by atoms with Crippen LogP contribution in [0.2, 0.25) is 0 Å². The molecule has 1 saturated heterocycles. The Labute approximate surface area is 151 Å². The second kappa shape index (κ2) is 9.56. The van der Waals surface area contributed by atoms with Crippen LogP contribution in [0.3, 0.4) is 0 Å². The molecule has 2 rings (SSSR count). The molecule has 0 atom stereocenters. The molecule has 2 amide bonds. The van der Waals surface area contributed by atoms with E-state index in [-0.39, 0.29) is 12.0 Å². The van der Waals surface area contributed by atoms with Gasteiger partial charge in [-0.3, -0.25) is 9.59 Å². The number of carbonyl (C=O) groups excluding carboxylic acids is 2. The molecule has 1 heterocycles. The van der Waals surface area contributed by atoms with E-state index >= 15 is 0 Å². The highest BCUT2D eigenvalue weighted by Gasteiger charge is 2.23. The van der Waals surface area contributed by atoms with Crippen molar-refractivity contribution in [1.29, 1.82) is 0 Å². The number of unbranched alkanes of at least 4 members (excludes halogenated alkanes) is 1. The van der Waals surface area contributed by atoms with Crippen molar-refractivity contribution in [3.63, 3.8) is 0 Å². The molecule has 0 spiro atoms. The highest BCUT2D eigenvalue weighted by molar-refractivity contribution is 6.39. The van der Waals surface area contributed by atoms with Gasteiger partial charge in [-0.05, 0) is 43.4 Å². The Morgan fingerprint density at radius 1 is 1.16 bits per heavy atom. The first-order chi connectivity index (χ1) is 12.0. The topological polar surface area (TPSA) is 61.4 Å². The molecule has 0 unspecified atom stereocenters. The van der Waals surface area contributed by atoms with E-state index in [1.807, 2.05) is 24.3 Å². The largest absolute Gasteiger partial charge is 0.345 e. The van der Waals surface area contributed by atoms with Crippen molar-refractivity contribution in [2.24, 2.45) is 0 Å². The van der Waals surface area contributed by atoms with Crippen LogP contribution in [0, 0.1) is 0 Å². The number of rotatable bonds is 6. The van der Waals surface area contributed by atoms with Crippen molar-refractivity contribution >= 4 is 17.5 Å². The minimum absolute atomic E-state index is 0.0940. The lowest BCUT2D eigenvalue weighted by Gasteiger charge is -2.32. The summed E-state index contributed by atoms with van der Waals surface area (Å²) in [6, 6.07) is 7.72. The van der Waals surface area contributed by atoms with E-state index in [0.717, 1.165) is 38.0 Å². The predicted molar refractivity (Wildman–Crippen MR) is 102 cm³/mol. The number of anilines is 1. The summed E-state index contributed by atoms with van der Waals surface area (Å²) >= 11 is 0. The summed E-state index contributed by atoms with van der Waals surface area (Å²) in [6.45, 7) is 9.44. The van der Waals surface area contributed by atoms with Crippen LogP contribution in [-0.2, 0) is 9.59 Å². The zero-order valence-electron chi connectivity index (χ0n) is 15.7. The summed E-state index contributed by atoms with van der Waals surface area (Å²) in [5.74, 6) is -0.834. The molecular formula is C20H31N3O2. The second-order valence-electron chi connectivity index (χ2n) is 7.14. The molecular weight excluding hydrogens is 314 g/mol. The molecule has 1 aliphatic heterocycles. The van der Waals surface area contributed by atoms with Gasteiger partial charge in [0.1, 0.15) is 0 Å². The number of nitrogens with one attached hydrogen (secondary N) is 2. The van der Waals surface area contributed by atoms with E-state index in [1.165, 1.54) is 12.8 Å². The third-order valence-corrected chi connectivity index (χ3v) is 4.79. The fraction of sp³-hybridized carbons (Fsp3) is 0.600. The third kappa shape index (κ3) is 5.85. The summed E-state index contributed by atoms with van der Waals surface area (Å²) in [6.07, 6.45) is 4.24. The number of hydrogen-bond acceptors (Lipinski definition) is 3. The highest BCUT2D eigenvalue weighted by Crippen LogP contribution is 2.23. The van der Waals surface area contributed by atoms with Crippen LogP contribution in [-0.4, -0.2) is 42.4 Å². The van der Waals surface area contributed by atoms with E-state index in [0.29, 0.717) is 5.69 Å². The molecule has 2 N–H and O–H groups in total. The van der Waals surface area contributed by atoms with Crippen molar-refractivity contribution < 1.29 is 9.59 Å². The zero-order chi connectivity index (χ0) is 18.2. The molecule has 1 aliphatic rings. The summed E-state index contributed by atoms with van der Waals surface area (Å²) in [5, 5.41) is 5.64. The SMILES string of the molecule is CCCCN1CCC(NC(=O)C(=O)Nc2ccccc2C(C)C)CC1. The van der Waals surface area contributed by atoms with E-state index in [1.54, 1.807) is 0 Å². The van der Waals surface area contributed by atoms with Crippen molar-refractivity contribution in [3.8, 4) is 0 Å². The molecule has 0 aromatic heterocycles. The number of carbonyl (C=O) groups is 2. The van der Waals surface area contributed by atoms with Crippen LogP contribution in [0.5, 0.6) is 0 Å². The number of para-hydroxylation sites is 1. The molecule has 0 bridgehead atoms. The van der Waals surface area contributed by atoms with Gasteiger partial charge in [-0.15, -0.1) is 0 Å². The van der Waals surface area contributed by atoms with Gasteiger partial charge in [-0.1, -0.05) is 45.4 Å². The molecule has 1 fully saturated rings. The number of piperidine rings is 1. The fourth-order valence-corrected chi connectivity index (χ4v) is 3.23. The van der Waals surface area contributed by atoms with Crippen LogP contribution < -0.4 is 10.6 Å². The second-order valence-corrected chi connectivity index (χ2v) is 7.14. The molecule has 5 nitrogen and oxygen atoms in total. The zero-order valence-corrected chi connectivity index (χ0v) is 15.7. The number of nitrogens with zero attached hydrogens (tertiary/aromatic N) is 1. The van der Waals surface area contributed by atoms with E-state index in [9.17, 15) is 9.59 Å². The Balaban J connectivity index is 1.83. The lowest BCUT2D eigenvalue weighted by Crippen LogP contribution is -2.47. The summed E-state index contributed by atoms with van der Waals surface area (Å²) in [5.41, 5.74) is 1.75. The average Bonchev–Trinajstić information content (AvgIpc) is 2.61. The molecule has 1 aromatic carbocycles. The van der Waals surface area contributed by atoms with Gasteiger partial charge in [0.05, 0.1) is 0 Å². The van der Waals surface area contributed by atoms with Gasteiger partial charge in [0.15, 0.2) is 0 Å². The van der Waals surface area contributed by atoms with Gasteiger partial charge >= 0.3 is 11.8 Å². The lowest BCUT2D eigenvalue weighted by atomic mass is 10.0. The van der Waals surface area contributed by atoms with Crippen molar-refractivity contribution in [2.75, 3.05) is 25.0 Å². The number of likely N-dealkylation sites (tertiary alicyclic amines) is 1. The summed E-state index contributed by atoms with van der Waals surface area (Å²) in [7, 11) is 0. The maximum Gasteiger partial charge on any atom is 0.313 e. The van der Waals surface area contributed by atoms with Crippen LogP contribution in [0.25, 0.3) is 0 Å². The molecule has 1 aromatic rings. The fourth-order valence-electron chi connectivity index (χ4n) is 3.23. The maximum absolute atomic E-state index is 12.2. The van der Waals surface area contributed by atoms with Gasteiger partial charge in [-0.25, -0.2) is 0 Å². The van der Waals surface area contributed by atoms with Gasteiger partial charge in [0.2, 0.25) is 0 Å². The smallest absolute Gasteiger partial charge is 0.313 e. The van der Waals surface area contributed by atoms with Gasteiger partial charge in [0, 0.05) is 24.8 Å². The minimum atomic E-state index is -0.582. The molecule has 0 radical (unpaired) electrons. The Morgan fingerprint density at radius 3 is 2.48 bits per heavy atom. The molecule has 0 aliphatic carbocycles. The van der Waals surface area contributed by atoms with Crippen LogP contribution in [0.15, 0.2) is 24.3 Å². The first-order valence-electron chi connectivity index (χ1n) is 9.44. The van der Waals surface area contributed by atoms with Gasteiger partial charge in [-0.2, -0.15) is 0 Å². The predicted octanol–water partition coefficient (Wildman–Crippen LogP) is 3.13. The Morgan fingerprint density at radius 2 is 1.84 bits per heavy atom. The number of benzene rings is 1. The Bertz CT molecular complexity index is 578. The summed E-state index contributed by atoms with van der Waals surface area (Å²) < 4.78 is 0. The maximum atomic E-state index is 12.2. The molecule has 0 saturated carbocycles. The molecule has 5 heteroatoms. The quantitative estimate of drug-likeness (QED) is 0.779. The highest BCUT2D eigenvalue weighted by atomic mass is 16.2. The average molecular weight is 345 g/mol. The monoisotopic (exact) mass is 345 g/mol. The Hall–Kier alpha value is -1.88. The first-order valence-corrected chi connectivity index (χ1v) is 9.44. The number of hydrogen-bond donors (Lipinski definition) is 2. The first kappa shape index (κ1) is 19.4. The van der Waals surface area contributed by atoms with Crippen molar-refractivity contribution in [3.05, 3.63) is 29.8 Å². The Kier molecular flexibility index (Phi) is 7.44. The number of amides is 2. The standard InChI is InChI=1S/C20H31N3O2/c1-4-5-12-23-13-10-16(11-14-23)21-19(24)20(25)22-18-9-7-6-8-17(18)15(2)3/h6-9,15-16H,4-5,10-14H2,1-3H3,(H,21,24)(H,22,25). The lowest BCUT2D eigenvalue weighted by molar-refractivity contribution is -0.136. The third-order valence-electron chi connectivity index (χ3n) is 4.79. The van der Waals surface area contributed by atoms with Gasteiger partial charge in [0.25, 0.3) is 0 Å². The van der Waals surface area contributed by atoms with Crippen LogP contribution >= 0.6 is 0 Å². The minimum Gasteiger partial charge on any atom is -0.345 e. The van der Waals surface area contributed by atoms with Crippen molar-refractivity contribution in [1.82, 2.24) is 10.2 Å². The van der Waals surface area contributed by atoms with E-state index < -0.39 is 11.8 Å². The van der Waals surface area contributed by atoms with Crippen LogP contribution in [0.1, 0.15) is 57.9 Å². The van der Waals surface area contributed by atoms with E-state index in [4.69, 9.17) is 0 Å². The van der Waals surface area contributed by atoms with Gasteiger partial charge < -0.3 is 15.5 Å². The van der Waals surface area contributed by atoms with Crippen LogP contribution in [0.4, 0.5) is 5.69 Å².